The normalized spacial score (nSPS) is 21.6. The van der Waals surface area contributed by atoms with E-state index in [0.29, 0.717) is 16.5 Å². The van der Waals surface area contributed by atoms with E-state index in [2.05, 4.69) is 26.1 Å². The molecule has 5 heteroatoms. The standard InChI is InChI=1S/C20H30N2O2S/c1-20(2,3)13-9-10-14-15(11-13)25-19(16(14)17(21)23)22-18(24)12-7-5-4-6-8-12/h12-13H,4-11H2,1-3H3,(H2,21,23)(H,22,24)/t13-/m0/s1. The first-order chi connectivity index (χ1) is 11.8. The number of rotatable bonds is 3. The van der Waals surface area contributed by atoms with Crippen molar-refractivity contribution in [2.24, 2.45) is 23.0 Å². The number of thiophene rings is 1. The van der Waals surface area contributed by atoms with Crippen LogP contribution in [0.15, 0.2) is 0 Å². The molecule has 0 bridgehead atoms. The van der Waals surface area contributed by atoms with Gasteiger partial charge >= 0.3 is 0 Å². The number of anilines is 1. The molecule has 2 amide bonds. The molecule has 1 aromatic heterocycles. The van der Waals surface area contributed by atoms with E-state index in [1.807, 2.05) is 0 Å². The second-order valence-corrected chi connectivity index (χ2v) is 9.81. The van der Waals surface area contributed by atoms with Crippen molar-refractivity contribution in [2.45, 2.75) is 72.1 Å². The topological polar surface area (TPSA) is 72.2 Å². The molecule has 0 radical (unpaired) electrons. The zero-order valence-corrected chi connectivity index (χ0v) is 16.4. The lowest BCUT2D eigenvalue weighted by Gasteiger charge is -2.33. The fraction of sp³-hybridized carbons (Fsp3) is 0.700. The Labute approximate surface area is 154 Å². The van der Waals surface area contributed by atoms with Gasteiger partial charge in [0.25, 0.3) is 5.91 Å². The first kappa shape index (κ1) is 18.4. The van der Waals surface area contributed by atoms with Gasteiger partial charge in [0.15, 0.2) is 0 Å². The minimum atomic E-state index is -0.411. The summed E-state index contributed by atoms with van der Waals surface area (Å²) in [6.07, 6.45) is 8.30. The first-order valence-corrected chi connectivity index (χ1v) is 10.3. The van der Waals surface area contributed by atoms with Crippen LogP contribution in [-0.4, -0.2) is 11.8 Å². The van der Waals surface area contributed by atoms with E-state index in [-0.39, 0.29) is 17.2 Å². The molecular formula is C20H30N2O2S. The van der Waals surface area contributed by atoms with Crippen molar-refractivity contribution in [3.8, 4) is 0 Å². The Morgan fingerprint density at radius 2 is 1.80 bits per heavy atom. The summed E-state index contributed by atoms with van der Waals surface area (Å²) in [6, 6.07) is 0. The van der Waals surface area contributed by atoms with Gasteiger partial charge in [0, 0.05) is 10.8 Å². The maximum Gasteiger partial charge on any atom is 0.251 e. The Hall–Kier alpha value is -1.36. The lowest BCUT2D eigenvalue weighted by Crippen LogP contribution is -2.27. The summed E-state index contributed by atoms with van der Waals surface area (Å²) in [5, 5.41) is 3.73. The summed E-state index contributed by atoms with van der Waals surface area (Å²) in [5.74, 6) is 0.330. The highest BCUT2D eigenvalue weighted by molar-refractivity contribution is 7.17. The molecule has 3 N–H and O–H groups in total. The highest BCUT2D eigenvalue weighted by atomic mass is 32.1. The third-order valence-corrected chi connectivity index (χ3v) is 7.12. The number of primary amides is 1. The average molecular weight is 363 g/mol. The van der Waals surface area contributed by atoms with Gasteiger partial charge in [-0.1, -0.05) is 40.0 Å². The van der Waals surface area contributed by atoms with Gasteiger partial charge in [-0.3, -0.25) is 9.59 Å². The Kier molecular flexibility index (Phi) is 5.24. The van der Waals surface area contributed by atoms with Crippen molar-refractivity contribution in [3.05, 3.63) is 16.0 Å². The SMILES string of the molecule is CC(C)(C)[C@H]1CCc2c(sc(NC(=O)C3CCCCC3)c2C(N)=O)C1. The lowest BCUT2D eigenvalue weighted by molar-refractivity contribution is -0.120. The number of carbonyl (C=O) groups excluding carboxylic acids is 2. The van der Waals surface area contributed by atoms with Crippen molar-refractivity contribution in [2.75, 3.05) is 5.32 Å². The fourth-order valence-corrected chi connectivity index (χ4v) is 5.59. The highest BCUT2D eigenvalue weighted by Gasteiger charge is 2.34. The van der Waals surface area contributed by atoms with Crippen LogP contribution in [0.2, 0.25) is 0 Å². The molecule has 0 unspecified atom stereocenters. The van der Waals surface area contributed by atoms with E-state index in [4.69, 9.17) is 5.73 Å². The minimum absolute atomic E-state index is 0.0631. The number of carbonyl (C=O) groups is 2. The summed E-state index contributed by atoms with van der Waals surface area (Å²) in [5.41, 5.74) is 7.57. The lowest BCUT2D eigenvalue weighted by atomic mass is 9.72. The highest BCUT2D eigenvalue weighted by Crippen LogP contribution is 2.44. The molecule has 0 saturated heterocycles. The molecule has 138 valence electrons. The number of hydrogen-bond donors (Lipinski definition) is 2. The van der Waals surface area contributed by atoms with Crippen LogP contribution in [0.5, 0.6) is 0 Å². The largest absolute Gasteiger partial charge is 0.365 e. The van der Waals surface area contributed by atoms with Crippen LogP contribution in [-0.2, 0) is 17.6 Å². The van der Waals surface area contributed by atoms with Crippen molar-refractivity contribution in [3.63, 3.8) is 0 Å². The van der Waals surface area contributed by atoms with E-state index in [0.717, 1.165) is 50.5 Å². The summed E-state index contributed by atoms with van der Waals surface area (Å²) in [7, 11) is 0. The van der Waals surface area contributed by atoms with E-state index < -0.39 is 5.91 Å². The van der Waals surface area contributed by atoms with Gasteiger partial charge in [0.1, 0.15) is 5.00 Å². The van der Waals surface area contributed by atoms with Crippen LogP contribution in [0.1, 0.15) is 80.1 Å². The number of nitrogens with two attached hydrogens (primary N) is 1. The molecule has 1 fully saturated rings. The van der Waals surface area contributed by atoms with Gasteiger partial charge in [-0.05, 0) is 49.0 Å². The maximum absolute atomic E-state index is 12.6. The van der Waals surface area contributed by atoms with Gasteiger partial charge in [0.05, 0.1) is 5.56 Å². The van der Waals surface area contributed by atoms with Gasteiger partial charge in [-0.15, -0.1) is 11.3 Å². The van der Waals surface area contributed by atoms with Crippen molar-refractivity contribution < 1.29 is 9.59 Å². The monoisotopic (exact) mass is 362 g/mol. The van der Waals surface area contributed by atoms with Crippen LogP contribution in [0, 0.1) is 17.3 Å². The van der Waals surface area contributed by atoms with Crippen LogP contribution in [0.3, 0.4) is 0 Å². The van der Waals surface area contributed by atoms with E-state index in [1.54, 1.807) is 11.3 Å². The second kappa shape index (κ2) is 7.10. The summed E-state index contributed by atoms with van der Waals surface area (Å²) < 4.78 is 0. The number of fused-ring (bicyclic) bond motifs is 1. The molecule has 1 aromatic rings. The zero-order valence-electron chi connectivity index (χ0n) is 15.6. The van der Waals surface area contributed by atoms with Gasteiger partial charge in [-0.25, -0.2) is 0 Å². The molecule has 0 aromatic carbocycles. The van der Waals surface area contributed by atoms with Crippen LogP contribution in [0.4, 0.5) is 5.00 Å². The van der Waals surface area contributed by atoms with E-state index >= 15 is 0 Å². The summed E-state index contributed by atoms with van der Waals surface area (Å²) in [4.78, 5) is 25.9. The summed E-state index contributed by atoms with van der Waals surface area (Å²) >= 11 is 1.57. The van der Waals surface area contributed by atoms with Gasteiger partial charge in [0.2, 0.25) is 5.91 Å². The van der Waals surface area contributed by atoms with E-state index in [9.17, 15) is 9.59 Å². The fourth-order valence-electron chi connectivity index (χ4n) is 4.25. The molecule has 1 saturated carbocycles. The number of hydrogen-bond acceptors (Lipinski definition) is 3. The number of nitrogens with one attached hydrogen (secondary N) is 1. The third kappa shape index (κ3) is 3.91. The predicted molar refractivity (Wildman–Crippen MR) is 103 cm³/mol. The van der Waals surface area contributed by atoms with Crippen LogP contribution >= 0.6 is 11.3 Å². The molecule has 0 aliphatic heterocycles. The molecule has 1 atom stereocenters. The smallest absolute Gasteiger partial charge is 0.251 e. The summed E-state index contributed by atoms with van der Waals surface area (Å²) in [6.45, 7) is 6.82. The predicted octanol–water partition coefficient (Wildman–Crippen LogP) is 4.52. The molecule has 2 aliphatic carbocycles. The Balaban J connectivity index is 1.84. The molecule has 0 spiro atoms. The van der Waals surface area contributed by atoms with Crippen LogP contribution in [0.25, 0.3) is 0 Å². The molecule has 1 heterocycles. The van der Waals surface area contributed by atoms with Crippen molar-refractivity contribution >= 4 is 28.2 Å². The van der Waals surface area contributed by atoms with Crippen molar-refractivity contribution in [1.29, 1.82) is 0 Å². The van der Waals surface area contributed by atoms with Gasteiger partial charge in [-0.2, -0.15) is 0 Å². The molecule has 4 nitrogen and oxygen atoms in total. The Bertz CT molecular complexity index is 666. The molecule has 2 aliphatic rings. The average Bonchev–Trinajstić information content (AvgIpc) is 2.91. The van der Waals surface area contributed by atoms with Crippen LogP contribution < -0.4 is 11.1 Å². The number of amides is 2. The first-order valence-electron chi connectivity index (χ1n) is 9.52. The molecule has 3 rings (SSSR count). The molecule has 25 heavy (non-hydrogen) atoms. The Morgan fingerprint density at radius 1 is 1.12 bits per heavy atom. The zero-order chi connectivity index (χ0) is 18.2. The van der Waals surface area contributed by atoms with Crippen molar-refractivity contribution in [1.82, 2.24) is 0 Å². The molecular weight excluding hydrogens is 332 g/mol. The van der Waals surface area contributed by atoms with E-state index in [1.165, 1.54) is 11.3 Å². The third-order valence-electron chi connectivity index (χ3n) is 5.95. The maximum atomic E-state index is 12.6. The van der Waals surface area contributed by atoms with Gasteiger partial charge < -0.3 is 11.1 Å². The second-order valence-electron chi connectivity index (χ2n) is 8.70. The quantitative estimate of drug-likeness (QED) is 0.830. The Morgan fingerprint density at radius 3 is 2.40 bits per heavy atom. The minimum Gasteiger partial charge on any atom is -0.365 e.